The average Bonchev–Trinajstić information content (AvgIpc) is 0.798. The smallest absolute Gasteiger partial charge is 0.409 e. The number of hydrogen-bond acceptors (Lipinski definition) is 23. The zero-order valence-corrected chi connectivity index (χ0v) is 62.1. The van der Waals surface area contributed by atoms with Crippen LogP contribution in [0.2, 0.25) is 0 Å². The van der Waals surface area contributed by atoms with Crippen LogP contribution in [0.5, 0.6) is 11.5 Å². The zero-order valence-electron chi connectivity index (χ0n) is 60.5. The van der Waals surface area contributed by atoms with Gasteiger partial charge in [-0.25, -0.2) is 29.1 Å². The number of ketones is 2. The van der Waals surface area contributed by atoms with Gasteiger partial charge < -0.3 is 58.9 Å². The SMILES string of the molecule is Cc1c(-c2ccc(-c3ccc4c(c3)N(C(=O)Nc3nc5ccccc5s3)CCC4)nc2C(=O)O)cnn1CC12CC3(C)CC(C)(C1)CC(OCCN(C)C(=O)OCc1ccc(OCCOCCCC(=O)[C@@H](CC(=O)CCCCCN4C(=O)C=CC4=O)CS(=O)(=O)O)cc1O[C@@H]1O[C@H](C(=O)O)[C@@H](O)[C@H](O)[C@@H]1O)(C3)C2. The molecule has 6 heterocycles. The molecule has 13 rings (SSSR count). The van der Waals surface area contributed by atoms with Crippen LogP contribution >= 0.6 is 11.3 Å². The number of fused-ring (bicyclic) bond motifs is 2. The number of aliphatic hydroxyl groups excluding tert-OH is 3. The number of ether oxygens (including phenoxy) is 6. The molecule has 108 heavy (non-hydrogen) atoms. The highest BCUT2D eigenvalue weighted by molar-refractivity contribution is 7.85. The fourth-order valence-corrected chi connectivity index (χ4v) is 19.1. The summed E-state index contributed by atoms with van der Waals surface area (Å²) < 4.78 is 71.9. The molecule has 4 aliphatic carbocycles. The third-order valence-corrected chi connectivity index (χ3v) is 23.0. The van der Waals surface area contributed by atoms with E-state index in [0.717, 1.165) is 83.4 Å². The van der Waals surface area contributed by atoms with Gasteiger partial charge in [0, 0.05) is 117 Å². The number of urea groups is 1. The number of hydrogen-bond donors (Lipinski definition) is 7. The van der Waals surface area contributed by atoms with Crippen LogP contribution in [0, 0.1) is 29.1 Å². The number of nitrogens with zero attached hydrogens (tertiary/aromatic N) is 7. The third kappa shape index (κ3) is 18.3. The molecule has 3 aromatic carbocycles. The third-order valence-electron chi connectivity index (χ3n) is 21.3. The number of carbonyl (C=O) groups excluding carboxylic acids is 6. The van der Waals surface area contributed by atoms with Crippen LogP contribution in [0.15, 0.2) is 91.1 Å². The lowest BCUT2D eigenvalue weighted by Crippen LogP contribution is -2.64. The van der Waals surface area contributed by atoms with Crippen LogP contribution in [0.3, 0.4) is 0 Å². The first-order valence-electron chi connectivity index (χ1n) is 36.2. The summed E-state index contributed by atoms with van der Waals surface area (Å²) in [4.78, 5) is 116. The Morgan fingerprint density at radius 1 is 0.815 bits per heavy atom. The number of nitrogens with one attached hydrogen (secondary N) is 1. The van der Waals surface area contributed by atoms with Crippen molar-refractivity contribution in [3.05, 3.63) is 114 Å². The number of aliphatic hydroxyl groups is 3. The Labute approximate surface area is 627 Å². The number of aromatic carboxylic acids is 1. The second kappa shape index (κ2) is 32.6. The first-order valence-corrected chi connectivity index (χ1v) is 38.6. The van der Waals surface area contributed by atoms with E-state index >= 15 is 0 Å². The molecule has 4 bridgehead atoms. The summed E-state index contributed by atoms with van der Waals surface area (Å²) in [6.07, 6.45) is 1.13. The highest BCUT2D eigenvalue weighted by atomic mass is 32.2. The summed E-state index contributed by atoms with van der Waals surface area (Å²) in [6.45, 7) is 7.57. The van der Waals surface area contributed by atoms with Gasteiger partial charge in [-0.2, -0.15) is 13.5 Å². The molecule has 5 fully saturated rings. The molecule has 1 saturated heterocycles. The molecule has 3 aliphatic heterocycles. The van der Waals surface area contributed by atoms with Crippen LogP contribution in [-0.4, -0.2) is 211 Å². The molecule has 0 spiro atoms. The van der Waals surface area contributed by atoms with E-state index in [9.17, 15) is 76.9 Å². The Balaban J connectivity index is 0.642. The number of pyridine rings is 1. The van der Waals surface area contributed by atoms with Gasteiger partial charge in [0.05, 0.1) is 46.7 Å². The van der Waals surface area contributed by atoms with Crippen molar-refractivity contribution < 1.29 is 105 Å². The molecular weight excluding hydrogens is 1440 g/mol. The van der Waals surface area contributed by atoms with Gasteiger partial charge in [-0.1, -0.05) is 55.9 Å². The summed E-state index contributed by atoms with van der Waals surface area (Å²) in [5, 5.41) is 60.8. The Morgan fingerprint density at radius 3 is 2.31 bits per heavy atom. The first-order chi connectivity index (χ1) is 51.4. The van der Waals surface area contributed by atoms with E-state index in [0.29, 0.717) is 59.9 Å². The minimum atomic E-state index is -4.62. The molecule has 7 aliphatic rings. The summed E-state index contributed by atoms with van der Waals surface area (Å²) in [6, 6.07) is 21.0. The summed E-state index contributed by atoms with van der Waals surface area (Å²) in [7, 11) is -3.06. The number of para-hydroxylation sites is 1. The predicted molar refractivity (Wildman–Crippen MR) is 391 cm³/mol. The lowest BCUT2D eigenvalue weighted by Gasteiger charge is -2.69. The fraction of sp³-hybridized carbons (Fsp3) is 0.513. The minimum absolute atomic E-state index is 0.0127. The van der Waals surface area contributed by atoms with E-state index in [-0.39, 0.29) is 110 Å². The van der Waals surface area contributed by atoms with Crippen molar-refractivity contribution in [1.82, 2.24) is 29.5 Å². The maximum absolute atomic E-state index is 13.8. The second-order valence-corrected chi connectivity index (χ2v) is 32.7. The second-order valence-electron chi connectivity index (χ2n) is 30.2. The van der Waals surface area contributed by atoms with Crippen LogP contribution in [0.4, 0.5) is 20.4 Å². The van der Waals surface area contributed by atoms with Gasteiger partial charge in [0.1, 0.15) is 54.6 Å². The number of likely N-dealkylation sites (N-methyl/N-ethyl adjacent to an activating group) is 1. The number of carboxylic acids is 2. The summed E-state index contributed by atoms with van der Waals surface area (Å²) in [5.74, 6) is -6.82. The maximum atomic E-state index is 13.8. The van der Waals surface area contributed by atoms with Crippen molar-refractivity contribution in [2.45, 2.75) is 167 Å². The summed E-state index contributed by atoms with van der Waals surface area (Å²) in [5.41, 5.74) is 4.56. The lowest BCUT2D eigenvalue weighted by molar-refractivity contribution is -0.271. The number of aliphatic carboxylic acids is 1. The lowest BCUT2D eigenvalue weighted by atomic mass is 9.39. The number of unbranched alkanes of at least 4 members (excludes halogenated alkanes) is 2. The normalized spacial score (nSPS) is 24.6. The largest absolute Gasteiger partial charge is 0.491 e. The number of imide groups is 1. The molecule has 7 N–H and O–H groups in total. The van der Waals surface area contributed by atoms with Gasteiger partial charge >= 0.3 is 24.1 Å². The molecule has 8 atom stereocenters. The van der Waals surface area contributed by atoms with Gasteiger partial charge in [-0.3, -0.25) is 43.5 Å². The van der Waals surface area contributed by atoms with Crippen molar-refractivity contribution in [3.63, 3.8) is 0 Å². The number of rotatable bonds is 34. The van der Waals surface area contributed by atoms with E-state index < -0.39 is 107 Å². The molecule has 3 aromatic heterocycles. The number of aryl methyl sites for hydroxylation is 1. The van der Waals surface area contributed by atoms with Crippen molar-refractivity contribution >= 4 is 89.9 Å². The van der Waals surface area contributed by atoms with E-state index in [1.807, 2.05) is 54.1 Å². The standard InChI is InChI=1S/C76H90N8O22S2/c1-45-53(52-21-22-54(78-62(52)67(92)93)47-18-17-46-12-10-26-82(56(46)33-47)71(96)80-70-79-55-14-7-8-16-59(55)107-70)35-77-84(45)44-75-39-73(2)38-74(3,40-75)42-76(41-73,43-75)104-29-27-81(4)72(97)103-36-48-19-20-51(34-58(48)105-69-65(91)63(89)64(90)66(106-69)68(94)95)102-31-30-101-28-11-15-57(86)49(37-108(98,99)100)32-50(85)13-6-5-9-25-83-60(87)23-24-61(83)88/h7-8,14,16-24,33-35,49,63-66,69,89-91H,5-6,9-13,15,25-32,36-44H2,1-4H3,(H,92,93)(H,94,95)(H,79,80,96)(H,98,99,100)/t49-,63-,64-,65-,66-,69+,73?,74?,75?,76?/m0/s1. The number of amides is 5. The van der Waals surface area contributed by atoms with Crippen LogP contribution in [0.1, 0.15) is 131 Å². The van der Waals surface area contributed by atoms with E-state index in [1.54, 1.807) is 30.3 Å². The molecule has 578 valence electrons. The number of aromatic nitrogens is 4. The molecule has 5 amide bonds. The minimum Gasteiger partial charge on any atom is -0.491 e. The predicted octanol–water partition coefficient (Wildman–Crippen LogP) is 8.58. The molecule has 6 aromatic rings. The Hall–Kier alpha value is -9.12. The molecule has 2 unspecified atom stereocenters. The van der Waals surface area contributed by atoms with Crippen LogP contribution < -0.4 is 19.7 Å². The number of benzene rings is 3. The van der Waals surface area contributed by atoms with Gasteiger partial charge in [-0.15, -0.1) is 0 Å². The topological polar surface area (TPSA) is 413 Å². The monoisotopic (exact) mass is 1530 g/mol. The molecule has 0 radical (unpaired) electrons. The molecule has 32 heteroatoms. The summed E-state index contributed by atoms with van der Waals surface area (Å²) >= 11 is 1.40. The molecule has 30 nitrogen and oxygen atoms in total. The number of anilines is 2. The van der Waals surface area contributed by atoms with Crippen LogP contribution in [0.25, 0.3) is 32.6 Å². The van der Waals surface area contributed by atoms with Gasteiger partial charge in [0.2, 0.25) is 6.29 Å². The van der Waals surface area contributed by atoms with Gasteiger partial charge in [0.25, 0.3) is 21.9 Å². The van der Waals surface area contributed by atoms with Crippen molar-refractivity contribution in [2.75, 3.05) is 69.1 Å². The highest BCUT2D eigenvalue weighted by Crippen LogP contribution is 2.72. The molecular formula is C76H90N8O22S2. The fourth-order valence-electron chi connectivity index (χ4n) is 17.4. The Morgan fingerprint density at radius 2 is 1.57 bits per heavy atom. The number of carbonyl (C=O) groups is 8. The van der Waals surface area contributed by atoms with E-state index in [1.165, 1.54) is 46.6 Å². The van der Waals surface area contributed by atoms with Crippen LogP contribution in [-0.2, 0) is 72.6 Å². The van der Waals surface area contributed by atoms with E-state index in [2.05, 4.69) is 24.1 Å². The maximum Gasteiger partial charge on any atom is 0.409 e. The molecule has 4 saturated carbocycles. The van der Waals surface area contributed by atoms with Gasteiger partial charge in [-0.05, 0) is 142 Å². The van der Waals surface area contributed by atoms with E-state index in [4.69, 9.17) is 38.5 Å². The van der Waals surface area contributed by atoms with Crippen molar-refractivity contribution in [3.8, 4) is 33.9 Å². The van der Waals surface area contributed by atoms with Crippen molar-refractivity contribution in [2.24, 2.45) is 22.2 Å². The first kappa shape index (κ1) is 78.5. The number of carboxylic acid groups (broad SMARTS) is 2. The average molecular weight is 1530 g/mol. The number of Topliss-reactive ketones (excluding diaryl/α,β-unsaturated/α-hetero) is 2. The van der Waals surface area contributed by atoms with Gasteiger partial charge in [0.15, 0.2) is 16.9 Å². The Bertz CT molecular complexity index is 4510. The van der Waals surface area contributed by atoms with Crippen molar-refractivity contribution in [1.29, 1.82) is 0 Å². The quantitative estimate of drug-likeness (QED) is 0.0113. The highest BCUT2D eigenvalue weighted by Gasteiger charge is 2.66. The Kier molecular flexibility index (Phi) is 23.7. The zero-order chi connectivity index (χ0) is 77.0. The number of thiazole rings is 1.